The Balaban J connectivity index is 2.12. The molecular formula is C20H21ClO5. The molecule has 6 heteroatoms. The van der Waals surface area contributed by atoms with E-state index >= 15 is 0 Å². The van der Waals surface area contributed by atoms with Crippen molar-refractivity contribution in [1.29, 1.82) is 0 Å². The zero-order valence-corrected chi connectivity index (χ0v) is 16.0. The average molecular weight is 377 g/mol. The molecule has 0 spiro atoms. The van der Waals surface area contributed by atoms with Gasteiger partial charge >= 0.3 is 5.97 Å². The van der Waals surface area contributed by atoms with Crippen molar-refractivity contribution in [1.82, 2.24) is 0 Å². The predicted octanol–water partition coefficient (Wildman–Crippen LogP) is 4.40. The molecule has 0 bridgehead atoms. The van der Waals surface area contributed by atoms with Gasteiger partial charge in [-0.2, -0.15) is 0 Å². The van der Waals surface area contributed by atoms with Gasteiger partial charge in [0, 0.05) is 5.56 Å². The van der Waals surface area contributed by atoms with E-state index < -0.39 is 5.97 Å². The average Bonchev–Trinajstić information content (AvgIpc) is 2.60. The maximum Gasteiger partial charge on any atom is 0.338 e. The van der Waals surface area contributed by atoms with Crippen LogP contribution in [0.2, 0.25) is 5.02 Å². The highest BCUT2D eigenvalue weighted by atomic mass is 35.5. The number of aryl methyl sites for hydroxylation is 2. The molecule has 0 aliphatic rings. The molecule has 5 nitrogen and oxygen atoms in total. The zero-order chi connectivity index (χ0) is 19.3. The third-order valence-corrected chi connectivity index (χ3v) is 4.05. The lowest BCUT2D eigenvalue weighted by atomic mass is 10.0. The van der Waals surface area contributed by atoms with E-state index in [-0.39, 0.29) is 23.0 Å². The Hall–Kier alpha value is -2.53. The minimum absolute atomic E-state index is 0.184. The molecule has 0 aromatic heterocycles. The number of halogens is 1. The molecular weight excluding hydrogens is 356 g/mol. The van der Waals surface area contributed by atoms with Crippen LogP contribution < -0.4 is 9.47 Å². The Morgan fingerprint density at radius 1 is 1.12 bits per heavy atom. The lowest BCUT2D eigenvalue weighted by Gasteiger charge is -2.13. The highest BCUT2D eigenvalue weighted by Crippen LogP contribution is 2.36. The molecule has 26 heavy (non-hydrogen) atoms. The Morgan fingerprint density at radius 3 is 2.46 bits per heavy atom. The van der Waals surface area contributed by atoms with Gasteiger partial charge in [0.15, 0.2) is 18.1 Å². The van der Waals surface area contributed by atoms with Crippen molar-refractivity contribution in [2.24, 2.45) is 0 Å². The Labute approximate surface area is 157 Å². The third kappa shape index (κ3) is 4.55. The second kappa shape index (κ2) is 8.72. The first-order valence-electron chi connectivity index (χ1n) is 8.15. The number of hydrogen-bond donors (Lipinski definition) is 0. The van der Waals surface area contributed by atoms with E-state index in [0.717, 1.165) is 11.1 Å². The summed E-state index contributed by atoms with van der Waals surface area (Å²) in [5, 5.41) is 0.235. The molecule has 0 unspecified atom stereocenters. The minimum atomic E-state index is -0.661. The van der Waals surface area contributed by atoms with Gasteiger partial charge < -0.3 is 14.2 Å². The SMILES string of the molecule is CCOc1c(Cl)cc(C(=O)OCC(=O)c2ccc(C)cc2C)cc1OC. The normalized spacial score (nSPS) is 10.3. The van der Waals surface area contributed by atoms with Crippen LogP contribution in [0.4, 0.5) is 0 Å². The molecule has 0 amide bonds. The van der Waals surface area contributed by atoms with Gasteiger partial charge in [0.2, 0.25) is 5.78 Å². The highest BCUT2D eigenvalue weighted by molar-refractivity contribution is 6.32. The minimum Gasteiger partial charge on any atom is -0.493 e. The molecule has 0 N–H and O–H groups in total. The second-order valence-corrected chi connectivity index (χ2v) is 6.15. The second-order valence-electron chi connectivity index (χ2n) is 5.74. The van der Waals surface area contributed by atoms with Gasteiger partial charge in [-0.05, 0) is 38.5 Å². The Kier molecular flexibility index (Phi) is 6.64. The van der Waals surface area contributed by atoms with Gasteiger partial charge in [-0.3, -0.25) is 4.79 Å². The smallest absolute Gasteiger partial charge is 0.338 e. The summed E-state index contributed by atoms with van der Waals surface area (Å²) >= 11 is 6.15. The number of hydrogen-bond acceptors (Lipinski definition) is 5. The zero-order valence-electron chi connectivity index (χ0n) is 15.2. The van der Waals surface area contributed by atoms with Crippen LogP contribution >= 0.6 is 11.6 Å². The van der Waals surface area contributed by atoms with E-state index in [4.69, 9.17) is 25.8 Å². The molecule has 0 aliphatic carbocycles. The number of benzene rings is 2. The van der Waals surface area contributed by atoms with Gasteiger partial charge in [-0.15, -0.1) is 0 Å². The molecule has 2 aromatic rings. The summed E-state index contributed by atoms with van der Waals surface area (Å²) in [6, 6.07) is 8.39. The summed E-state index contributed by atoms with van der Waals surface area (Å²) in [5.74, 6) is -0.238. The van der Waals surface area contributed by atoms with E-state index in [1.54, 1.807) is 6.07 Å². The number of carbonyl (C=O) groups is 2. The summed E-state index contributed by atoms with van der Waals surface area (Å²) in [5.41, 5.74) is 2.62. The van der Waals surface area contributed by atoms with E-state index in [0.29, 0.717) is 23.7 Å². The molecule has 0 heterocycles. The van der Waals surface area contributed by atoms with Crippen molar-refractivity contribution in [3.05, 3.63) is 57.6 Å². The van der Waals surface area contributed by atoms with Gasteiger partial charge in [0.05, 0.1) is 24.3 Å². The number of esters is 1. The standard InChI is InChI=1S/C20H21ClO5/c1-5-25-19-16(21)9-14(10-18(19)24-4)20(23)26-11-17(22)15-7-6-12(2)8-13(15)3/h6-10H,5,11H2,1-4H3. The van der Waals surface area contributed by atoms with E-state index in [2.05, 4.69) is 0 Å². The van der Waals surface area contributed by atoms with Crippen molar-refractivity contribution < 1.29 is 23.8 Å². The molecule has 0 aliphatic heterocycles. The van der Waals surface area contributed by atoms with Crippen LogP contribution in [0.5, 0.6) is 11.5 Å². The quantitative estimate of drug-likeness (QED) is 0.529. The molecule has 0 saturated heterocycles. The highest BCUT2D eigenvalue weighted by Gasteiger charge is 2.18. The summed E-state index contributed by atoms with van der Waals surface area (Å²) in [6.45, 7) is 5.67. The fourth-order valence-electron chi connectivity index (χ4n) is 2.54. The van der Waals surface area contributed by atoms with Crippen LogP contribution in [-0.4, -0.2) is 32.1 Å². The number of carbonyl (C=O) groups excluding carboxylic acids is 2. The van der Waals surface area contributed by atoms with Crippen molar-refractivity contribution in [2.45, 2.75) is 20.8 Å². The summed E-state index contributed by atoms with van der Waals surface area (Å²) in [4.78, 5) is 24.6. The lowest BCUT2D eigenvalue weighted by molar-refractivity contribution is 0.0474. The van der Waals surface area contributed by atoms with Crippen molar-refractivity contribution in [3.8, 4) is 11.5 Å². The van der Waals surface area contributed by atoms with Crippen molar-refractivity contribution in [3.63, 3.8) is 0 Å². The summed E-state index contributed by atoms with van der Waals surface area (Å²) in [6.07, 6.45) is 0. The Morgan fingerprint density at radius 2 is 1.85 bits per heavy atom. The third-order valence-electron chi connectivity index (χ3n) is 3.77. The van der Waals surface area contributed by atoms with Gasteiger partial charge in [-0.1, -0.05) is 35.4 Å². The van der Waals surface area contributed by atoms with Crippen molar-refractivity contribution in [2.75, 3.05) is 20.3 Å². The fraction of sp³-hybridized carbons (Fsp3) is 0.300. The van der Waals surface area contributed by atoms with Gasteiger partial charge in [-0.25, -0.2) is 4.79 Å². The summed E-state index contributed by atoms with van der Waals surface area (Å²) < 4.78 is 15.8. The van der Waals surface area contributed by atoms with E-state index in [9.17, 15) is 9.59 Å². The van der Waals surface area contributed by atoms with Crippen LogP contribution in [0.1, 0.15) is 38.8 Å². The van der Waals surface area contributed by atoms with Gasteiger partial charge in [0.25, 0.3) is 0 Å². The topological polar surface area (TPSA) is 61.8 Å². The number of ether oxygens (including phenoxy) is 3. The number of methoxy groups -OCH3 is 1. The summed E-state index contributed by atoms with van der Waals surface area (Å²) in [7, 11) is 1.45. The molecule has 0 atom stereocenters. The van der Waals surface area contributed by atoms with Crippen LogP contribution in [0.15, 0.2) is 30.3 Å². The van der Waals surface area contributed by atoms with E-state index in [1.165, 1.54) is 19.2 Å². The largest absolute Gasteiger partial charge is 0.493 e. The number of ketones is 1. The van der Waals surface area contributed by atoms with E-state index in [1.807, 2.05) is 32.9 Å². The molecule has 0 fully saturated rings. The molecule has 2 rings (SSSR count). The molecule has 0 radical (unpaired) electrons. The number of rotatable bonds is 7. The molecule has 0 saturated carbocycles. The maximum absolute atomic E-state index is 12.3. The molecule has 2 aromatic carbocycles. The first-order chi connectivity index (χ1) is 12.4. The van der Waals surface area contributed by atoms with Crippen LogP contribution in [-0.2, 0) is 4.74 Å². The first kappa shape index (κ1) is 19.8. The van der Waals surface area contributed by atoms with Crippen LogP contribution in [0.3, 0.4) is 0 Å². The Bertz CT molecular complexity index is 829. The lowest BCUT2D eigenvalue weighted by Crippen LogP contribution is -2.15. The van der Waals surface area contributed by atoms with Crippen LogP contribution in [0.25, 0.3) is 0 Å². The molecule has 138 valence electrons. The number of Topliss-reactive ketones (excluding diaryl/α,β-unsaturated/α-hetero) is 1. The van der Waals surface area contributed by atoms with Crippen LogP contribution in [0, 0.1) is 13.8 Å². The van der Waals surface area contributed by atoms with Gasteiger partial charge in [0.1, 0.15) is 0 Å². The monoisotopic (exact) mass is 376 g/mol. The maximum atomic E-state index is 12.3. The first-order valence-corrected chi connectivity index (χ1v) is 8.53. The fourth-order valence-corrected chi connectivity index (χ4v) is 2.81. The predicted molar refractivity (Wildman–Crippen MR) is 99.7 cm³/mol. The van der Waals surface area contributed by atoms with Crippen molar-refractivity contribution >= 4 is 23.4 Å².